The van der Waals surface area contributed by atoms with Gasteiger partial charge in [0.15, 0.2) is 5.58 Å². The first-order chi connectivity index (χ1) is 30.8. The van der Waals surface area contributed by atoms with Crippen molar-refractivity contribution >= 4 is 49.8 Å². The van der Waals surface area contributed by atoms with E-state index < -0.39 is 5.41 Å². The van der Waals surface area contributed by atoms with Gasteiger partial charge in [0, 0.05) is 22.0 Å². The van der Waals surface area contributed by atoms with E-state index in [0.29, 0.717) is 0 Å². The van der Waals surface area contributed by atoms with Crippen molar-refractivity contribution in [2.75, 3.05) is 4.90 Å². The third-order valence-electron chi connectivity index (χ3n) is 14.7. The summed E-state index contributed by atoms with van der Waals surface area (Å²) in [7, 11) is 0. The van der Waals surface area contributed by atoms with Gasteiger partial charge in [-0.2, -0.15) is 0 Å². The highest BCUT2D eigenvalue weighted by molar-refractivity contribution is 6.21. The molecule has 9 aromatic rings. The number of benzene rings is 8. The normalized spacial score (nSPS) is 14.3. The van der Waals surface area contributed by atoms with E-state index >= 15 is 0 Å². The highest BCUT2D eigenvalue weighted by Crippen LogP contribution is 2.65. The standard InChI is InChI=1S/C63H61NO/c1-59(2,3)39-28-30-45-46-31-29-40(60(4,5)6)37-52(46)63(51(45)36-39)49-23-16-15-21-47(49)57-50(63)24-18-25-53(57)64(43-34-41(61(7,8)9)33-42(35-43)62(10,11)12)54-26-17-22-48-56-44-20-14-13-19-38(44)27-32-55(56)65-58(48)54/h13-37H,1-12H3. The summed E-state index contributed by atoms with van der Waals surface area (Å²) in [4.78, 5) is 2.54. The number of para-hydroxylation sites is 1. The lowest BCUT2D eigenvalue weighted by atomic mass is 9.69. The van der Waals surface area contributed by atoms with E-state index in [1.165, 1.54) is 77.5 Å². The lowest BCUT2D eigenvalue weighted by Crippen LogP contribution is -2.27. The Morgan fingerprint density at radius 1 is 0.400 bits per heavy atom. The van der Waals surface area contributed by atoms with Crippen LogP contribution in [0.25, 0.3) is 55.0 Å². The molecule has 11 rings (SSSR count). The summed E-state index contributed by atoms with van der Waals surface area (Å²) in [5.74, 6) is 0. The minimum absolute atomic E-state index is 0.0272. The first-order valence-electron chi connectivity index (χ1n) is 23.6. The highest BCUT2D eigenvalue weighted by atomic mass is 16.3. The Morgan fingerprint density at radius 3 is 1.57 bits per heavy atom. The van der Waals surface area contributed by atoms with Gasteiger partial charge in [-0.05, 0) is 124 Å². The predicted octanol–water partition coefficient (Wildman–Crippen LogP) is 17.7. The van der Waals surface area contributed by atoms with Gasteiger partial charge < -0.3 is 9.32 Å². The molecule has 1 heterocycles. The number of anilines is 3. The van der Waals surface area contributed by atoms with Crippen LogP contribution in [-0.2, 0) is 27.1 Å². The number of rotatable bonds is 3. The van der Waals surface area contributed by atoms with Crippen LogP contribution in [0, 0.1) is 0 Å². The van der Waals surface area contributed by atoms with Crippen LogP contribution in [0.1, 0.15) is 128 Å². The van der Waals surface area contributed by atoms with Gasteiger partial charge in [-0.25, -0.2) is 0 Å². The Morgan fingerprint density at radius 2 is 0.938 bits per heavy atom. The van der Waals surface area contributed by atoms with E-state index in [-0.39, 0.29) is 21.7 Å². The van der Waals surface area contributed by atoms with Crippen LogP contribution < -0.4 is 4.90 Å². The molecule has 2 aliphatic rings. The third kappa shape index (κ3) is 6.12. The molecule has 8 aromatic carbocycles. The van der Waals surface area contributed by atoms with Gasteiger partial charge in [0.1, 0.15) is 5.58 Å². The molecule has 2 heteroatoms. The molecule has 0 bridgehead atoms. The number of furan rings is 1. The van der Waals surface area contributed by atoms with Crippen molar-refractivity contribution < 1.29 is 4.42 Å². The molecule has 0 unspecified atom stereocenters. The van der Waals surface area contributed by atoms with Crippen LogP contribution >= 0.6 is 0 Å². The summed E-state index contributed by atoms with van der Waals surface area (Å²) in [6.07, 6.45) is 0. The second kappa shape index (κ2) is 13.8. The molecule has 0 radical (unpaired) electrons. The topological polar surface area (TPSA) is 16.4 Å². The molecule has 1 spiro atoms. The SMILES string of the molecule is CC(C)(C)c1cc(N(c2cccc3c2-c2ccccc2C32c3cc(C(C)(C)C)ccc3-c3ccc(C(C)(C)C)cc32)c2cccc3c2oc2ccc4ccccc4c23)cc(C(C)(C)C)c1. The smallest absolute Gasteiger partial charge is 0.159 e. The summed E-state index contributed by atoms with van der Waals surface area (Å²) in [5, 5.41) is 4.69. The first kappa shape index (κ1) is 41.3. The zero-order valence-corrected chi connectivity index (χ0v) is 40.3. The predicted molar refractivity (Wildman–Crippen MR) is 277 cm³/mol. The summed E-state index contributed by atoms with van der Waals surface area (Å²) < 4.78 is 7.13. The second-order valence-corrected chi connectivity index (χ2v) is 23.0. The highest BCUT2D eigenvalue weighted by Gasteiger charge is 2.53. The maximum Gasteiger partial charge on any atom is 0.159 e. The minimum atomic E-state index is -0.533. The fraction of sp³-hybridized carbons (Fsp3) is 0.270. The van der Waals surface area contributed by atoms with Gasteiger partial charge >= 0.3 is 0 Å². The molecule has 0 fully saturated rings. The first-order valence-corrected chi connectivity index (χ1v) is 23.6. The monoisotopic (exact) mass is 847 g/mol. The van der Waals surface area contributed by atoms with Gasteiger partial charge in [-0.1, -0.05) is 204 Å². The van der Waals surface area contributed by atoms with Crippen molar-refractivity contribution in [2.24, 2.45) is 0 Å². The van der Waals surface area contributed by atoms with Gasteiger partial charge in [0.25, 0.3) is 0 Å². The molecule has 65 heavy (non-hydrogen) atoms. The molecule has 324 valence electrons. The summed E-state index contributed by atoms with van der Waals surface area (Å²) >= 11 is 0. The largest absolute Gasteiger partial charge is 0.454 e. The van der Waals surface area contributed by atoms with E-state index in [1.807, 2.05) is 0 Å². The second-order valence-electron chi connectivity index (χ2n) is 23.0. The van der Waals surface area contributed by atoms with E-state index in [2.05, 4.69) is 240 Å². The van der Waals surface area contributed by atoms with Gasteiger partial charge in [-0.3, -0.25) is 0 Å². The van der Waals surface area contributed by atoms with Crippen LogP contribution in [-0.4, -0.2) is 0 Å². The Balaban J connectivity index is 1.29. The minimum Gasteiger partial charge on any atom is -0.454 e. The molecule has 2 nitrogen and oxygen atoms in total. The lowest BCUT2D eigenvalue weighted by Gasteiger charge is -2.34. The van der Waals surface area contributed by atoms with Crippen molar-refractivity contribution in [3.63, 3.8) is 0 Å². The van der Waals surface area contributed by atoms with E-state index in [9.17, 15) is 0 Å². The number of fused-ring (bicyclic) bond motifs is 15. The fourth-order valence-corrected chi connectivity index (χ4v) is 11.1. The fourth-order valence-electron chi connectivity index (χ4n) is 11.1. The zero-order valence-electron chi connectivity index (χ0n) is 40.3. The quantitative estimate of drug-likeness (QED) is 0.176. The molecular formula is C63H61NO. The molecule has 0 aliphatic heterocycles. The Bertz CT molecular complexity index is 3320. The van der Waals surface area contributed by atoms with Gasteiger partial charge in [-0.15, -0.1) is 0 Å². The molecule has 0 saturated carbocycles. The lowest BCUT2D eigenvalue weighted by molar-refractivity contribution is 0.568. The van der Waals surface area contributed by atoms with Gasteiger partial charge in [0.2, 0.25) is 0 Å². The molecular weight excluding hydrogens is 787 g/mol. The molecule has 1 aromatic heterocycles. The van der Waals surface area contributed by atoms with Crippen molar-refractivity contribution in [1.82, 2.24) is 0 Å². The molecule has 0 atom stereocenters. The average molecular weight is 848 g/mol. The summed E-state index contributed by atoms with van der Waals surface area (Å²) in [6.45, 7) is 28.0. The molecule has 0 saturated heterocycles. The Labute approximate surface area is 386 Å². The van der Waals surface area contributed by atoms with Crippen LogP contribution in [0.3, 0.4) is 0 Å². The number of nitrogens with zero attached hydrogens (tertiary/aromatic N) is 1. The van der Waals surface area contributed by atoms with E-state index in [4.69, 9.17) is 4.42 Å². The molecule has 0 N–H and O–H groups in total. The number of hydrogen-bond acceptors (Lipinski definition) is 2. The van der Waals surface area contributed by atoms with Crippen molar-refractivity contribution in [3.8, 4) is 22.3 Å². The van der Waals surface area contributed by atoms with Crippen molar-refractivity contribution in [1.29, 1.82) is 0 Å². The van der Waals surface area contributed by atoms with E-state index in [0.717, 1.165) is 39.0 Å². The Kier molecular flexibility index (Phi) is 8.79. The molecule has 0 amide bonds. The van der Waals surface area contributed by atoms with Crippen molar-refractivity contribution in [2.45, 2.75) is 110 Å². The van der Waals surface area contributed by atoms with Crippen LogP contribution in [0.5, 0.6) is 0 Å². The Hall–Kier alpha value is -6.38. The van der Waals surface area contributed by atoms with Crippen LogP contribution in [0.4, 0.5) is 17.1 Å². The van der Waals surface area contributed by atoms with Gasteiger partial charge in [0.05, 0.1) is 16.8 Å². The maximum atomic E-state index is 7.13. The average Bonchev–Trinajstić information content (AvgIpc) is 3.90. The summed E-state index contributed by atoms with van der Waals surface area (Å²) in [5.41, 5.74) is 20.2. The van der Waals surface area contributed by atoms with Crippen LogP contribution in [0.15, 0.2) is 156 Å². The third-order valence-corrected chi connectivity index (χ3v) is 14.7. The number of hydrogen-bond donors (Lipinski definition) is 0. The van der Waals surface area contributed by atoms with Crippen molar-refractivity contribution in [3.05, 3.63) is 196 Å². The van der Waals surface area contributed by atoms with Crippen LogP contribution in [0.2, 0.25) is 0 Å². The maximum absolute atomic E-state index is 7.13. The zero-order chi connectivity index (χ0) is 45.6. The summed E-state index contributed by atoms with van der Waals surface area (Å²) in [6, 6.07) is 58.1. The molecule has 2 aliphatic carbocycles. The van der Waals surface area contributed by atoms with E-state index in [1.54, 1.807) is 0 Å².